The summed E-state index contributed by atoms with van der Waals surface area (Å²) in [5.41, 5.74) is 0. The Balaban J connectivity index is 1.96. The Labute approximate surface area is 121 Å². The number of benzene rings is 3. The lowest BCUT2D eigenvalue weighted by Crippen LogP contribution is -2.04. The summed E-state index contributed by atoms with van der Waals surface area (Å²) >= 11 is 6.10. The summed E-state index contributed by atoms with van der Waals surface area (Å²) in [4.78, 5) is 0. The first-order valence-electron chi connectivity index (χ1n) is 6.67. The van der Waals surface area contributed by atoms with Crippen LogP contribution in [0.2, 0.25) is 5.02 Å². The van der Waals surface area contributed by atoms with Crippen LogP contribution in [-0.4, -0.2) is 19.3 Å². The summed E-state index contributed by atoms with van der Waals surface area (Å²) < 4.78 is 11.3. The predicted molar refractivity (Wildman–Crippen MR) is 81.7 cm³/mol. The van der Waals surface area contributed by atoms with E-state index in [1.807, 2.05) is 30.3 Å². The molecule has 0 spiro atoms. The van der Waals surface area contributed by atoms with Gasteiger partial charge in [-0.25, -0.2) is 0 Å². The summed E-state index contributed by atoms with van der Waals surface area (Å²) in [5.74, 6) is 0.922. The van der Waals surface area contributed by atoms with Crippen LogP contribution in [0.15, 0.2) is 48.5 Å². The van der Waals surface area contributed by atoms with E-state index < -0.39 is 0 Å². The molecule has 1 heterocycles. The van der Waals surface area contributed by atoms with Crippen molar-refractivity contribution in [1.82, 2.24) is 0 Å². The van der Waals surface area contributed by atoms with Gasteiger partial charge < -0.3 is 9.47 Å². The number of epoxide rings is 1. The maximum atomic E-state index is 6.10. The Morgan fingerprint density at radius 2 is 1.85 bits per heavy atom. The van der Waals surface area contributed by atoms with E-state index in [4.69, 9.17) is 21.1 Å². The zero-order chi connectivity index (χ0) is 13.5. The summed E-state index contributed by atoms with van der Waals surface area (Å²) in [6, 6.07) is 16.3. The van der Waals surface area contributed by atoms with Crippen molar-refractivity contribution in [2.24, 2.45) is 0 Å². The zero-order valence-electron chi connectivity index (χ0n) is 10.8. The first-order valence-corrected chi connectivity index (χ1v) is 7.04. The smallest absolute Gasteiger partial charge is 0.135 e. The average Bonchev–Trinajstić information content (AvgIpc) is 3.27. The molecule has 3 aromatic carbocycles. The second-order valence-electron chi connectivity index (χ2n) is 5.06. The Kier molecular flexibility index (Phi) is 2.79. The molecule has 4 rings (SSSR count). The van der Waals surface area contributed by atoms with Gasteiger partial charge in [0.05, 0.1) is 6.61 Å². The Morgan fingerprint density at radius 3 is 2.70 bits per heavy atom. The van der Waals surface area contributed by atoms with Crippen LogP contribution < -0.4 is 4.74 Å². The second-order valence-corrected chi connectivity index (χ2v) is 5.50. The molecule has 0 radical (unpaired) electrons. The molecule has 0 saturated carbocycles. The first-order chi connectivity index (χ1) is 9.81. The monoisotopic (exact) mass is 284 g/mol. The van der Waals surface area contributed by atoms with Crippen molar-refractivity contribution in [2.45, 2.75) is 6.10 Å². The van der Waals surface area contributed by atoms with Crippen molar-refractivity contribution in [3.8, 4) is 5.75 Å². The van der Waals surface area contributed by atoms with Gasteiger partial charge in [0, 0.05) is 15.8 Å². The van der Waals surface area contributed by atoms with Gasteiger partial charge in [-0.1, -0.05) is 35.9 Å². The van der Waals surface area contributed by atoms with E-state index in [-0.39, 0.29) is 6.10 Å². The molecular formula is C17H13ClO2. The maximum absolute atomic E-state index is 6.10. The third kappa shape index (κ3) is 2.11. The molecule has 1 aliphatic rings. The van der Waals surface area contributed by atoms with E-state index in [2.05, 4.69) is 18.2 Å². The van der Waals surface area contributed by atoms with Crippen LogP contribution >= 0.6 is 11.6 Å². The molecule has 1 saturated heterocycles. The third-order valence-electron chi connectivity index (χ3n) is 3.59. The van der Waals surface area contributed by atoms with Crippen LogP contribution in [0.25, 0.3) is 21.5 Å². The molecule has 0 N–H and O–H groups in total. The van der Waals surface area contributed by atoms with Crippen molar-refractivity contribution in [3.63, 3.8) is 0 Å². The van der Waals surface area contributed by atoms with E-state index in [9.17, 15) is 0 Å². The molecule has 0 aliphatic carbocycles. The van der Waals surface area contributed by atoms with Gasteiger partial charge in [-0.3, -0.25) is 0 Å². The number of halogens is 1. The minimum Gasteiger partial charge on any atom is -0.489 e. The predicted octanol–water partition coefficient (Wildman–Crippen LogP) is 4.42. The van der Waals surface area contributed by atoms with Crippen LogP contribution in [0.3, 0.4) is 0 Å². The van der Waals surface area contributed by atoms with Crippen molar-refractivity contribution >= 4 is 33.1 Å². The van der Waals surface area contributed by atoms with Crippen molar-refractivity contribution in [2.75, 3.05) is 13.2 Å². The van der Waals surface area contributed by atoms with Crippen molar-refractivity contribution in [3.05, 3.63) is 53.6 Å². The van der Waals surface area contributed by atoms with Crippen LogP contribution in [0.5, 0.6) is 5.75 Å². The van der Waals surface area contributed by atoms with Gasteiger partial charge in [0.25, 0.3) is 0 Å². The highest BCUT2D eigenvalue weighted by molar-refractivity contribution is 6.31. The SMILES string of the molecule is Clc1ccc2c(OCC3CO3)c3ccccc3cc2c1. The van der Waals surface area contributed by atoms with Crippen molar-refractivity contribution < 1.29 is 9.47 Å². The van der Waals surface area contributed by atoms with Crippen LogP contribution in [-0.2, 0) is 4.74 Å². The molecule has 20 heavy (non-hydrogen) atoms. The molecule has 1 aliphatic heterocycles. The molecule has 2 nitrogen and oxygen atoms in total. The molecule has 3 aromatic rings. The van der Waals surface area contributed by atoms with E-state index >= 15 is 0 Å². The highest BCUT2D eigenvalue weighted by Gasteiger charge is 2.23. The number of fused-ring (bicyclic) bond motifs is 2. The van der Waals surface area contributed by atoms with Gasteiger partial charge >= 0.3 is 0 Å². The Bertz CT molecular complexity index is 793. The molecule has 1 unspecified atom stereocenters. The van der Waals surface area contributed by atoms with E-state index in [1.165, 1.54) is 0 Å². The van der Waals surface area contributed by atoms with Gasteiger partial charge in [-0.05, 0) is 35.0 Å². The standard InChI is InChI=1S/C17H13ClO2/c18-13-5-6-16-12(8-13)7-11-3-1-2-4-15(11)17(16)20-10-14-9-19-14/h1-8,14H,9-10H2. The summed E-state index contributed by atoms with van der Waals surface area (Å²) in [6.07, 6.45) is 0.247. The summed E-state index contributed by atoms with van der Waals surface area (Å²) in [7, 11) is 0. The Hall–Kier alpha value is -1.77. The van der Waals surface area contributed by atoms with E-state index in [0.717, 1.165) is 38.9 Å². The van der Waals surface area contributed by atoms with Crippen molar-refractivity contribution in [1.29, 1.82) is 0 Å². The lowest BCUT2D eigenvalue weighted by Gasteiger charge is -2.12. The number of rotatable bonds is 3. The summed E-state index contributed by atoms with van der Waals surface area (Å²) in [6.45, 7) is 1.40. The minimum absolute atomic E-state index is 0.247. The largest absolute Gasteiger partial charge is 0.489 e. The van der Waals surface area contributed by atoms with E-state index in [0.29, 0.717) is 6.61 Å². The number of ether oxygens (including phenoxy) is 2. The van der Waals surface area contributed by atoms with Crippen LogP contribution in [0.1, 0.15) is 0 Å². The van der Waals surface area contributed by atoms with Crippen LogP contribution in [0.4, 0.5) is 0 Å². The molecule has 1 atom stereocenters. The van der Waals surface area contributed by atoms with Gasteiger partial charge in [0.2, 0.25) is 0 Å². The molecule has 1 fully saturated rings. The second kappa shape index (κ2) is 4.65. The van der Waals surface area contributed by atoms with Gasteiger partial charge in [-0.2, -0.15) is 0 Å². The molecule has 100 valence electrons. The third-order valence-corrected chi connectivity index (χ3v) is 3.83. The highest BCUT2D eigenvalue weighted by Crippen LogP contribution is 2.36. The number of hydrogen-bond acceptors (Lipinski definition) is 2. The van der Waals surface area contributed by atoms with Gasteiger partial charge in [0.15, 0.2) is 0 Å². The Morgan fingerprint density at radius 1 is 1.05 bits per heavy atom. The zero-order valence-corrected chi connectivity index (χ0v) is 11.6. The van der Waals surface area contributed by atoms with Crippen LogP contribution in [0, 0.1) is 0 Å². The lowest BCUT2D eigenvalue weighted by atomic mass is 10.0. The first kappa shape index (κ1) is 12.0. The van der Waals surface area contributed by atoms with Gasteiger partial charge in [0.1, 0.15) is 18.5 Å². The molecule has 3 heteroatoms. The topological polar surface area (TPSA) is 21.8 Å². The fourth-order valence-corrected chi connectivity index (χ4v) is 2.68. The summed E-state index contributed by atoms with van der Waals surface area (Å²) in [5, 5.41) is 5.22. The molecular weight excluding hydrogens is 272 g/mol. The highest BCUT2D eigenvalue weighted by atomic mass is 35.5. The molecule has 0 aromatic heterocycles. The fraction of sp³-hybridized carbons (Fsp3) is 0.176. The van der Waals surface area contributed by atoms with E-state index in [1.54, 1.807) is 0 Å². The normalized spacial score (nSPS) is 17.6. The lowest BCUT2D eigenvalue weighted by molar-refractivity contribution is 0.267. The fourth-order valence-electron chi connectivity index (χ4n) is 2.50. The maximum Gasteiger partial charge on any atom is 0.135 e. The minimum atomic E-state index is 0.247. The molecule has 0 bridgehead atoms. The van der Waals surface area contributed by atoms with Gasteiger partial charge in [-0.15, -0.1) is 0 Å². The average molecular weight is 285 g/mol. The quantitative estimate of drug-likeness (QED) is 0.524. The molecule has 0 amide bonds. The number of hydrogen-bond donors (Lipinski definition) is 0.